The highest BCUT2D eigenvalue weighted by Crippen LogP contribution is 2.30. The molecule has 28 heavy (non-hydrogen) atoms. The van der Waals surface area contributed by atoms with Crippen LogP contribution in [0.5, 0.6) is 5.75 Å². The minimum atomic E-state index is -1.80. The molecular formula is C19H31NO8. The van der Waals surface area contributed by atoms with Crippen molar-refractivity contribution in [2.75, 3.05) is 5.32 Å². The number of aliphatic carboxylic acids is 1. The van der Waals surface area contributed by atoms with Crippen LogP contribution in [0, 0.1) is 6.92 Å². The van der Waals surface area contributed by atoms with E-state index in [0.717, 1.165) is 5.56 Å². The summed E-state index contributed by atoms with van der Waals surface area (Å²) >= 11 is 0. The lowest BCUT2D eigenvalue weighted by Gasteiger charge is -2.38. The number of aliphatic hydroxyl groups is 3. The lowest BCUT2D eigenvalue weighted by atomic mass is 9.99. The summed E-state index contributed by atoms with van der Waals surface area (Å²) in [7, 11) is 0. The molecular weight excluding hydrogens is 370 g/mol. The SMILES string of the molecule is CC.CC.CC(=O)Nc1cc(C)ccc1OC1OC(C(=O)O)C(O)C(O)C1O. The quantitative estimate of drug-likeness (QED) is 0.507. The number of anilines is 1. The van der Waals surface area contributed by atoms with Crippen molar-refractivity contribution in [2.45, 2.75) is 72.2 Å². The van der Waals surface area contributed by atoms with Gasteiger partial charge in [-0.3, -0.25) is 4.79 Å². The van der Waals surface area contributed by atoms with Crippen molar-refractivity contribution in [3.63, 3.8) is 0 Å². The van der Waals surface area contributed by atoms with E-state index in [0.29, 0.717) is 5.69 Å². The lowest BCUT2D eigenvalue weighted by molar-refractivity contribution is -0.271. The van der Waals surface area contributed by atoms with E-state index in [2.05, 4.69) is 5.32 Å². The molecule has 5 N–H and O–H groups in total. The number of rotatable bonds is 4. The van der Waals surface area contributed by atoms with Crippen molar-refractivity contribution in [3.8, 4) is 5.75 Å². The number of carboxylic acid groups (broad SMARTS) is 1. The summed E-state index contributed by atoms with van der Waals surface area (Å²) in [6.45, 7) is 11.1. The number of hydrogen-bond donors (Lipinski definition) is 5. The van der Waals surface area contributed by atoms with Crippen LogP contribution in [0.3, 0.4) is 0 Å². The molecule has 0 aliphatic carbocycles. The Balaban J connectivity index is 0.00000171. The van der Waals surface area contributed by atoms with Gasteiger partial charge in [-0.15, -0.1) is 0 Å². The molecule has 160 valence electrons. The Morgan fingerprint density at radius 2 is 1.61 bits per heavy atom. The van der Waals surface area contributed by atoms with E-state index in [1.54, 1.807) is 19.1 Å². The second-order valence-corrected chi connectivity index (χ2v) is 5.53. The minimum Gasteiger partial charge on any atom is -0.479 e. The molecule has 0 radical (unpaired) electrons. The zero-order valence-electron chi connectivity index (χ0n) is 17.0. The first-order chi connectivity index (χ1) is 13.2. The number of nitrogens with one attached hydrogen (secondary N) is 1. The van der Waals surface area contributed by atoms with Crippen LogP contribution in [0.15, 0.2) is 18.2 Å². The Morgan fingerprint density at radius 1 is 1.04 bits per heavy atom. The third-order valence-corrected chi connectivity index (χ3v) is 3.50. The van der Waals surface area contributed by atoms with Gasteiger partial charge < -0.3 is 35.2 Å². The van der Waals surface area contributed by atoms with Gasteiger partial charge in [-0.1, -0.05) is 33.8 Å². The summed E-state index contributed by atoms with van der Waals surface area (Å²) in [5.74, 6) is -1.74. The molecule has 1 aromatic rings. The van der Waals surface area contributed by atoms with Crippen LogP contribution in [0.2, 0.25) is 0 Å². The Bertz CT molecular complexity index is 636. The van der Waals surface area contributed by atoms with Crippen LogP contribution in [-0.4, -0.2) is 63.0 Å². The number of aliphatic hydroxyl groups excluding tert-OH is 3. The predicted octanol–water partition coefficient (Wildman–Crippen LogP) is 1.28. The fourth-order valence-electron chi connectivity index (χ4n) is 2.31. The number of carbonyl (C=O) groups is 2. The molecule has 9 heteroatoms. The first-order valence-corrected chi connectivity index (χ1v) is 9.18. The molecule has 1 saturated heterocycles. The first-order valence-electron chi connectivity index (χ1n) is 9.18. The Labute approximate surface area is 164 Å². The van der Waals surface area contributed by atoms with Gasteiger partial charge in [0.25, 0.3) is 0 Å². The highest BCUT2D eigenvalue weighted by atomic mass is 16.7. The number of carboxylic acids is 1. The second kappa shape index (κ2) is 12.3. The van der Waals surface area contributed by atoms with Crippen LogP contribution in [0.25, 0.3) is 0 Å². The normalized spacial score (nSPS) is 26.0. The van der Waals surface area contributed by atoms with E-state index in [1.165, 1.54) is 13.0 Å². The topological polar surface area (TPSA) is 146 Å². The molecule has 1 aromatic carbocycles. The number of aryl methyl sites for hydroxylation is 1. The molecule has 0 spiro atoms. The van der Waals surface area contributed by atoms with Crippen molar-refractivity contribution in [3.05, 3.63) is 23.8 Å². The number of ether oxygens (including phenoxy) is 2. The summed E-state index contributed by atoms with van der Waals surface area (Å²) < 4.78 is 10.5. The summed E-state index contributed by atoms with van der Waals surface area (Å²) in [6.07, 6.45) is -8.55. The van der Waals surface area contributed by atoms with E-state index < -0.39 is 36.7 Å². The fourth-order valence-corrected chi connectivity index (χ4v) is 2.31. The highest BCUT2D eigenvalue weighted by Gasteiger charge is 2.48. The molecule has 5 atom stereocenters. The smallest absolute Gasteiger partial charge is 0.335 e. The van der Waals surface area contributed by atoms with Crippen LogP contribution in [-0.2, 0) is 14.3 Å². The maximum absolute atomic E-state index is 11.3. The number of hydrogen-bond acceptors (Lipinski definition) is 7. The molecule has 0 bridgehead atoms. The molecule has 1 fully saturated rings. The molecule has 2 rings (SSSR count). The van der Waals surface area contributed by atoms with E-state index in [4.69, 9.17) is 14.6 Å². The number of amides is 1. The van der Waals surface area contributed by atoms with Crippen LogP contribution < -0.4 is 10.1 Å². The standard InChI is InChI=1S/C15H19NO8.2C2H6/c1-6-3-4-9(8(5-6)16-7(2)17)23-15-12(20)10(18)11(19)13(24-15)14(21)22;2*1-2/h3-5,10-13,15,18-20H,1-2H3,(H,16,17)(H,21,22);2*1-2H3. The van der Waals surface area contributed by atoms with Crippen LogP contribution in [0.4, 0.5) is 5.69 Å². The molecule has 1 aliphatic rings. The van der Waals surface area contributed by atoms with Crippen LogP contribution in [0.1, 0.15) is 40.2 Å². The van der Waals surface area contributed by atoms with Gasteiger partial charge in [-0.05, 0) is 24.6 Å². The van der Waals surface area contributed by atoms with Crippen molar-refractivity contribution in [1.82, 2.24) is 0 Å². The van der Waals surface area contributed by atoms with E-state index >= 15 is 0 Å². The van der Waals surface area contributed by atoms with Crippen LogP contribution >= 0.6 is 0 Å². The summed E-state index contributed by atoms with van der Waals surface area (Å²) in [4.78, 5) is 22.4. The van der Waals surface area contributed by atoms with Gasteiger partial charge in [0.15, 0.2) is 6.10 Å². The largest absolute Gasteiger partial charge is 0.479 e. The average Bonchev–Trinajstić information content (AvgIpc) is 2.66. The number of carbonyl (C=O) groups excluding carboxylic acids is 1. The van der Waals surface area contributed by atoms with Gasteiger partial charge in [0.2, 0.25) is 12.2 Å². The summed E-state index contributed by atoms with van der Waals surface area (Å²) in [5.41, 5.74) is 1.13. The molecule has 1 aliphatic heterocycles. The van der Waals surface area contributed by atoms with Crippen molar-refractivity contribution >= 4 is 17.6 Å². The Morgan fingerprint density at radius 3 is 2.11 bits per heavy atom. The van der Waals surface area contributed by atoms with Gasteiger partial charge in [-0.2, -0.15) is 0 Å². The van der Waals surface area contributed by atoms with Crippen molar-refractivity contribution in [2.24, 2.45) is 0 Å². The van der Waals surface area contributed by atoms with Gasteiger partial charge in [-0.25, -0.2) is 4.79 Å². The minimum absolute atomic E-state index is 0.118. The molecule has 1 heterocycles. The summed E-state index contributed by atoms with van der Waals surface area (Å²) in [5, 5.41) is 40.9. The Hall–Kier alpha value is -2.20. The Kier molecular flexibility index (Phi) is 11.3. The molecule has 1 amide bonds. The van der Waals surface area contributed by atoms with Crippen molar-refractivity contribution in [1.29, 1.82) is 0 Å². The van der Waals surface area contributed by atoms with Gasteiger partial charge >= 0.3 is 5.97 Å². The zero-order valence-corrected chi connectivity index (χ0v) is 17.0. The third-order valence-electron chi connectivity index (χ3n) is 3.50. The van der Waals surface area contributed by atoms with Crippen molar-refractivity contribution < 1.29 is 39.5 Å². The molecule has 0 saturated carbocycles. The third kappa shape index (κ3) is 6.75. The number of benzene rings is 1. The van der Waals surface area contributed by atoms with E-state index in [-0.39, 0.29) is 11.7 Å². The van der Waals surface area contributed by atoms with Gasteiger partial charge in [0.05, 0.1) is 5.69 Å². The predicted molar refractivity (Wildman–Crippen MR) is 103 cm³/mol. The van der Waals surface area contributed by atoms with Gasteiger partial charge in [0.1, 0.15) is 24.1 Å². The van der Waals surface area contributed by atoms with Gasteiger partial charge in [0, 0.05) is 6.92 Å². The highest BCUT2D eigenvalue weighted by molar-refractivity contribution is 5.90. The molecule has 0 aromatic heterocycles. The zero-order chi connectivity index (χ0) is 22.0. The molecule has 5 unspecified atom stereocenters. The lowest BCUT2D eigenvalue weighted by Crippen LogP contribution is -2.61. The van der Waals surface area contributed by atoms with E-state index in [1.807, 2.05) is 27.7 Å². The van der Waals surface area contributed by atoms with E-state index in [9.17, 15) is 24.9 Å². The fraction of sp³-hybridized carbons (Fsp3) is 0.579. The average molecular weight is 401 g/mol. The first kappa shape index (κ1) is 25.8. The maximum Gasteiger partial charge on any atom is 0.335 e. The maximum atomic E-state index is 11.3. The second-order valence-electron chi connectivity index (χ2n) is 5.53. The monoisotopic (exact) mass is 401 g/mol. The molecule has 9 nitrogen and oxygen atoms in total. The summed E-state index contributed by atoms with van der Waals surface area (Å²) in [6, 6.07) is 4.80.